The van der Waals surface area contributed by atoms with Crippen LogP contribution in [0.25, 0.3) is 0 Å². The molecule has 29 heavy (non-hydrogen) atoms. The molecule has 1 aromatic heterocycles. The minimum atomic E-state index is -4.96. The summed E-state index contributed by atoms with van der Waals surface area (Å²) in [6.45, 7) is -5.17. The standard InChI is InChI=1S/C11H19N5O10P2S/c1-15-3-16(8-5(15)9(19)14-11(12)13-8)10-7(18)6(17)4(25-10)2-24-27(20,21)26-28(22,23)29/h4,6-7,10,17-18H,2-3H2,1H3,(H,20,21)(H2,22,23,29)(H3,12,13,14,19)/t4-,6-,7-,10-/m1/s1. The van der Waals surface area contributed by atoms with Crippen LogP contribution in [-0.2, 0) is 29.9 Å². The number of rotatable bonds is 6. The first kappa shape index (κ1) is 22.5. The maximum Gasteiger partial charge on any atom is 0.479 e. The van der Waals surface area contributed by atoms with Crippen LogP contribution in [0.1, 0.15) is 0 Å². The molecular weight excluding hydrogens is 456 g/mol. The van der Waals surface area contributed by atoms with Crippen molar-refractivity contribution in [3.63, 3.8) is 0 Å². The van der Waals surface area contributed by atoms with E-state index in [0.29, 0.717) is 0 Å². The molecule has 3 rings (SSSR count). The number of ether oxygens (including phenoxy) is 1. The lowest BCUT2D eigenvalue weighted by atomic mass is 10.1. The highest BCUT2D eigenvalue weighted by atomic mass is 32.5. The molecule has 0 aliphatic carbocycles. The number of H-pyrrole nitrogens is 1. The molecule has 18 heteroatoms. The van der Waals surface area contributed by atoms with E-state index in [0.717, 1.165) is 0 Å². The minimum absolute atomic E-state index is 0.0659. The van der Waals surface area contributed by atoms with E-state index in [2.05, 4.69) is 30.6 Å². The van der Waals surface area contributed by atoms with Crippen molar-refractivity contribution >= 4 is 43.8 Å². The molecule has 1 saturated heterocycles. The number of hydrogen-bond acceptors (Lipinski definition) is 12. The Morgan fingerprint density at radius 1 is 1.38 bits per heavy atom. The van der Waals surface area contributed by atoms with Gasteiger partial charge < -0.3 is 45.2 Å². The van der Waals surface area contributed by atoms with Crippen molar-refractivity contribution < 1.29 is 43.0 Å². The van der Waals surface area contributed by atoms with Crippen LogP contribution in [0.2, 0.25) is 0 Å². The molecule has 8 N–H and O–H groups in total. The largest absolute Gasteiger partial charge is 0.479 e. The van der Waals surface area contributed by atoms with Gasteiger partial charge in [-0.3, -0.25) is 14.3 Å². The molecule has 164 valence electrons. The molecule has 5 atom stereocenters. The number of nitrogens with two attached hydrogens (primary N) is 1. The third-order valence-electron chi connectivity index (χ3n) is 4.17. The number of phosphoric acid groups is 1. The van der Waals surface area contributed by atoms with Crippen LogP contribution >= 0.6 is 14.5 Å². The van der Waals surface area contributed by atoms with Gasteiger partial charge in [-0.05, 0) is 11.8 Å². The molecule has 0 radical (unpaired) electrons. The summed E-state index contributed by atoms with van der Waals surface area (Å²) in [4.78, 5) is 48.7. The van der Waals surface area contributed by atoms with Gasteiger partial charge in [0.1, 0.15) is 24.0 Å². The van der Waals surface area contributed by atoms with E-state index in [1.165, 1.54) is 9.80 Å². The van der Waals surface area contributed by atoms with Gasteiger partial charge in [-0.15, -0.1) is 0 Å². The molecule has 1 unspecified atom stereocenters. The molecule has 1 fully saturated rings. The maximum atomic E-state index is 12.1. The Balaban J connectivity index is 1.75. The van der Waals surface area contributed by atoms with Crippen LogP contribution < -0.4 is 21.1 Å². The Morgan fingerprint density at radius 3 is 2.66 bits per heavy atom. The average Bonchev–Trinajstić information content (AvgIpc) is 3.01. The van der Waals surface area contributed by atoms with Crippen molar-refractivity contribution in [1.29, 1.82) is 0 Å². The van der Waals surface area contributed by atoms with Crippen molar-refractivity contribution in [3.05, 3.63) is 10.4 Å². The average molecular weight is 475 g/mol. The van der Waals surface area contributed by atoms with E-state index in [4.69, 9.17) is 20.3 Å². The number of nitrogens with zero attached hydrogens (tertiary/aromatic N) is 3. The summed E-state index contributed by atoms with van der Waals surface area (Å²) in [5.41, 5.74) is 5.24. The van der Waals surface area contributed by atoms with Crippen LogP contribution in [-0.4, -0.2) is 79.7 Å². The summed E-state index contributed by atoms with van der Waals surface area (Å²) in [5, 5.41) is 20.6. The van der Waals surface area contributed by atoms with Crippen molar-refractivity contribution in [2.24, 2.45) is 0 Å². The quantitative estimate of drug-likeness (QED) is 0.209. The number of anilines is 3. The zero-order chi connectivity index (χ0) is 21.7. The number of hydrogen-bond donors (Lipinski definition) is 7. The summed E-state index contributed by atoms with van der Waals surface area (Å²) >= 11 is 4.10. The molecule has 3 heterocycles. The van der Waals surface area contributed by atoms with Crippen LogP contribution in [0.4, 0.5) is 17.5 Å². The third-order valence-corrected chi connectivity index (χ3v) is 6.92. The van der Waals surface area contributed by atoms with E-state index in [1.54, 1.807) is 7.05 Å². The lowest BCUT2D eigenvalue weighted by molar-refractivity contribution is -0.0214. The van der Waals surface area contributed by atoms with Gasteiger partial charge in [-0.1, -0.05) is 0 Å². The van der Waals surface area contributed by atoms with Gasteiger partial charge in [0.05, 0.1) is 13.3 Å². The predicted molar refractivity (Wildman–Crippen MR) is 101 cm³/mol. The van der Waals surface area contributed by atoms with Gasteiger partial charge in [0.25, 0.3) is 5.56 Å². The predicted octanol–water partition coefficient (Wildman–Crippen LogP) is -2.64. The number of aromatic amines is 1. The van der Waals surface area contributed by atoms with Gasteiger partial charge in [0, 0.05) is 7.05 Å². The monoisotopic (exact) mass is 475 g/mol. The van der Waals surface area contributed by atoms with Crippen molar-refractivity contribution in [1.82, 2.24) is 9.97 Å². The molecule has 15 nitrogen and oxygen atoms in total. The molecule has 1 aromatic rings. The Morgan fingerprint density at radius 2 is 2.03 bits per heavy atom. The van der Waals surface area contributed by atoms with Crippen molar-refractivity contribution in [2.45, 2.75) is 24.5 Å². The topological polar surface area (TPSA) is 224 Å². The Bertz CT molecular complexity index is 941. The van der Waals surface area contributed by atoms with Crippen molar-refractivity contribution in [2.75, 3.05) is 35.9 Å². The maximum absolute atomic E-state index is 12.1. The summed E-state index contributed by atoms with van der Waals surface area (Å²) in [6.07, 6.45) is -5.57. The number of fused-ring (bicyclic) bond motifs is 1. The fourth-order valence-electron chi connectivity index (χ4n) is 3.03. The number of nitrogens with one attached hydrogen (secondary N) is 1. The van der Waals surface area contributed by atoms with E-state index in [1.807, 2.05) is 0 Å². The summed E-state index contributed by atoms with van der Waals surface area (Å²) in [7, 11) is -3.36. The smallest absolute Gasteiger partial charge is 0.387 e. The van der Waals surface area contributed by atoms with Gasteiger partial charge in [-0.2, -0.15) is 4.98 Å². The highest BCUT2D eigenvalue weighted by molar-refractivity contribution is 8.08. The minimum Gasteiger partial charge on any atom is -0.387 e. The van der Waals surface area contributed by atoms with Gasteiger partial charge in [0.2, 0.25) is 5.95 Å². The Labute approximate surface area is 168 Å². The first-order chi connectivity index (χ1) is 13.3. The van der Waals surface area contributed by atoms with Crippen LogP contribution in [0, 0.1) is 0 Å². The second-order valence-corrected chi connectivity index (χ2v) is 10.6. The zero-order valence-corrected chi connectivity index (χ0v) is 17.3. The van der Waals surface area contributed by atoms with Crippen LogP contribution in [0.15, 0.2) is 4.79 Å². The van der Waals surface area contributed by atoms with Crippen LogP contribution in [0.5, 0.6) is 0 Å². The first-order valence-corrected chi connectivity index (χ1v) is 12.0. The molecule has 2 aliphatic heterocycles. The fourth-order valence-corrected chi connectivity index (χ4v) is 5.39. The van der Waals surface area contributed by atoms with E-state index >= 15 is 0 Å². The third kappa shape index (κ3) is 4.78. The molecule has 0 aromatic carbocycles. The molecule has 2 aliphatic rings. The molecule has 0 spiro atoms. The Kier molecular flexibility index (Phi) is 6.08. The van der Waals surface area contributed by atoms with E-state index in [9.17, 15) is 24.5 Å². The number of aromatic nitrogens is 2. The highest BCUT2D eigenvalue weighted by Crippen LogP contribution is 2.58. The van der Waals surface area contributed by atoms with Crippen molar-refractivity contribution in [3.8, 4) is 0 Å². The molecular formula is C11H19N5O10P2S. The van der Waals surface area contributed by atoms with E-state index in [-0.39, 0.29) is 24.1 Å². The SMILES string of the molecule is CN1CN([C@@H]2O[C@H](COP(=O)(O)OP(O)(O)=S)[C@@H](O)[C@H]2O)c2nc(N)[nH]c(=O)c21. The van der Waals surface area contributed by atoms with Gasteiger partial charge in [0.15, 0.2) is 12.0 Å². The first-order valence-electron chi connectivity index (χ1n) is 7.92. The number of aliphatic hydroxyl groups is 2. The Hall–Kier alpha value is -1.16. The van der Waals surface area contributed by atoms with Gasteiger partial charge in [-0.25, -0.2) is 8.88 Å². The number of aliphatic hydroxyl groups excluding tert-OH is 2. The lowest BCUT2D eigenvalue weighted by Gasteiger charge is -2.27. The number of phosphoric ester groups is 1. The summed E-state index contributed by atoms with van der Waals surface area (Å²) < 4.78 is 25.8. The normalized spacial score (nSPS) is 29.2. The fraction of sp³-hybridized carbons (Fsp3) is 0.636. The molecule has 0 bridgehead atoms. The van der Waals surface area contributed by atoms with E-state index < -0.39 is 51.2 Å². The highest BCUT2D eigenvalue weighted by Gasteiger charge is 2.49. The molecule has 0 amide bonds. The second-order valence-electron chi connectivity index (χ2n) is 6.32. The lowest BCUT2D eigenvalue weighted by Crippen LogP contribution is -2.45. The van der Waals surface area contributed by atoms with Gasteiger partial charge >= 0.3 is 14.5 Å². The second kappa shape index (κ2) is 7.83. The molecule has 0 saturated carbocycles. The summed E-state index contributed by atoms with van der Waals surface area (Å²) in [5.74, 6) is -0.0481. The zero-order valence-electron chi connectivity index (χ0n) is 14.7. The summed E-state index contributed by atoms with van der Waals surface area (Å²) in [6, 6.07) is 0. The van der Waals surface area contributed by atoms with Crippen LogP contribution in [0.3, 0.4) is 0 Å². The number of nitrogen functional groups attached to an aromatic ring is 1.